The molecular formula is C12H25NOS. The molecule has 0 aromatic heterocycles. The molecule has 90 valence electrons. The Morgan fingerprint density at radius 3 is 2.07 bits per heavy atom. The third-order valence-corrected chi connectivity index (χ3v) is 4.38. The number of hydrogen-bond acceptors (Lipinski definition) is 3. The Balaban J connectivity index is 2.88. The lowest BCUT2D eigenvalue weighted by Crippen LogP contribution is -2.61. The molecular weight excluding hydrogens is 206 g/mol. The number of thiol groups is 1. The van der Waals surface area contributed by atoms with Crippen molar-refractivity contribution in [2.75, 3.05) is 32.1 Å². The molecule has 0 saturated carbocycles. The summed E-state index contributed by atoms with van der Waals surface area (Å²) in [5.74, 6) is 0.924. The maximum Gasteiger partial charge on any atom is 0.0594 e. The minimum Gasteiger partial charge on any atom is -0.379 e. The first-order chi connectivity index (χ1) is 6.98. The van der Waals surface area contributed by atoms with E-state index in [1.54, 1.807) is 0 Å². The number of rotatable bonds is 3. The van der Waals surface area contributed by atoms with Crippen molar-refractivity contribution in [3.63, 3.8) is 0 Å². The molecule has 1 rings (SSSR count). The number of hydrogen-bond donors (Lipinski definition) is 1. The van der Waals surface area contributed by atoms with Crippen LogP contribution in [0.2, 0.25) is 0 Å². The van der Waals surface area contributed by atoms with Crippen LogP contribution >= 0.6 is 12.6 Å². The molecule has 1 fully saturated rings. The van der Waals surface area contributed by atoms with Gasteiger partial charge in [-0.05, 0) is 11.8 Å². The Labute approximate surface area is 99.8 Å². The molecule has 0 aromatic carbocycles. The van der Waals surface area contributed by atoms with Gasteiger partial charge in [-0.25, -0.2) is 0 Å². The summed E-state index contributed by atoms with van der Waals surface area (Å²) in [5, 5.41) is 0. The molecule has 1 aliphatic rings. The van der Waals surface area contributed by atoms with Crippen LogP contribution in [0.15, 0.2) is 0 Å². The highest BCUT2D eigenvalue weighted by atomic mass is 32.1. The molecule has 0 aliphatic carbocycles. The average molecular weight is 231 g/mol. The largest absolute Gasteiger partial charge is 0.379 e. The first kappa shape index (κ1) is 13.3. The SMILES string of the molecule is CCC(CS)(N1CCOCC1)C(C)(C)C. The van der Waals surface area contributed by atoms with E-state index in [0.717, 1.165) is 38.5 Å². The summed E-state index contributed by atoms with van der Waals surface area (Å²) in [6, 6.07) is 0. The van der Waals surface area contributed by atoms with Crippen LogP contribution in [0.1, 0.15) is 34.1 Å². The third kappa shape index (κ3) is 2.51. The fourth-order valence-corrected chi connectivity index (χ4v) is 3.57. The van der Waals surface area contributed by atoms with Gasteiger partial charge in [0.25, 0.3) is 0 Å². The van der Waals surface area contributed by atoms with Crippen LogP contribution in [-0.4, -0.2) is 42.5 Å². The average Bonchev–Trinajstić information content (AvgIpc) is 2.20. The second-order valence-corrected chi connectivity index (χ2v) is 5.71. The number of ether oxygens (including phenoxy) is 1. The molecule has 0 amide bonds. The summed E-state index contributed by atoms with van der Waals surface area (Å²) in [5.41, 5.74) is 0.473. The lowest BCUT2D eigenvalue weighted by molar-refractivity contribution is -0.0586. The van der Waals surface area contributed by atoms with Gasteiger partial charge in [-0.2, -0.15) is 12.6 Å². The minimum absolute atomic E-state index is 0.208. The fourth-order valence-electron chi connectivity index (χ4n) is 2.67. The van der Waals surface area contributed by atoms with Gasteiger partial charge in [-0.3, -0.25) is 4.90 Å². The van der Waals surface area contributed by atoms with Gasteiger partial charge in [0.2, 0.25) is 0 Å². The van der Waals surface area contributed by atoms with Crippen molar-refractivity contribution < 1.29 is 4.74 Å². The van der Waals surface area contributed by atoms with E-state index in [1.807, 2.05) is 0 Å². The molecule has 2 nitrogen and oxygen atoms in total. The van der Waals surface area contributed by atoms with E-state index < -0.39 is 0 Å². The fraction of sp³-hybridized carbons (Fsp3) is 1.00. The molecule has 0 aromatic rings. The predicted octanol–water partition coefficient (Wildman–Crippen LogP) is 2.44. The van der Waals surface area contributed by atoms with Gasteiger partial charge in [0.05, 0.1) is 13.2 Å². The molecule has 0 spiro atoms. The molecule has 0 N–H and O–H groups in total. The monoisotopic (exact) mass is 231 g/mol. The van der Waals surface area contributed by atoms with Gasteiger partial charge in [-0.1, -0.05) is 27.7 Å². The van der Waals surface area contributed by atoms with E-state index in [1.165, 1.54) is 0 Å². The van der Waals surface area contributed by atoms with E-state index in [4.69, 9.17) is 4.74 Å². The van der Waals surface area contributed by atoms with Gasteiger partial charge in [0, 0.05) is 24.4 Å². The Morgan fingerprint density at radius 2 is 1.73 bits per heavy atom. The van der Waals surface area contributed by atoms with Crippen molar-refractivity contribution in [2.24, 2.45) is 5.41 Å². The van der Waals surface area contributed by atoms with Crippen LogP contribution in [0, 0.1) is 5.41 Å². The molecule has 15 heavy (non-hydrogen) atoms. The van der Waals surface area contributed by atoms with Crippen LogP contribution in [0.3, 0.4) is 0 Å². The molecule has 0 bridgehead atoms. The topological polar surface area (TPSA) is 12.5 Å². The smallest absolute Gasteiger partial charge is 0.0594 e. The van der Waals surface area contributed by atoms with Crippen molar-refractivity contribution in [2.45, 2.75) is 39.7 Å². The van der Waals surface area contributed by atoms with Crippen LogP contribution in [0.4, 0.5) is 0 Å². The Hall–Kier alpha value is 0.270. The lowest BCUT2D eigenvalue weighted by Gasteiger charge is -2.52. The molecule has 3 heteroatoms. The summed E-state index contributed by atoms with van der Waals surface area (Å²) in [6.07, 6.45) is 1.15. The molecule has 1 aliphatic heterocycles. The van der Waals surface area contributed by atoms with Crippen molar-refractivity contribution in [3.05, 3.63) is 0 Å². The van der Waals surface area contributed by atoms with Crippen molar-refractivity contribution in [3.8, 4) is 0 Å². The van der Waals surface area contributed by atoms with Crippen molar-refractivity contribution in [1.82, 2.24) is 4.90 Å². The van der Waals surface area contributed by atoms with Gasteiger partial charge in [0.15, 0.2) is 0 Å². The van der Waals surface area contributed by atoms with Gasteiger partial charge < -0.3 is 4.74 Å². The van der Waals surface area contributed by atoms with E-state index in [2.05, 4.69) is 45.2 Å². The van der Waals surface area contributed by atoms with Crippen LogP contribution in [0.25, 0.3) is 0 Å². The quantitative estimate of drug-likeness (QED) is 0.749. The van der Waals surface area contributed by atoms with E-state index in [9.17, 15) is 0 Å². The van der Waals surface area contributed by atoms with E-state index >= 15 is 0 Å². The zero-order valence-electron chi connectivity index (χ0n) is 10.5. The summed E-state index contributed by atoms with van der Waals surface area (Å²) < 4.78 is 5.43. The van der Waals surface area contributed by atoms with Crippen LogP contribution in [0.5, 0.6) is 0 Å². The van der Waals surface area contributed by atoms with E-state index in [0.29, 0.717) is 0 Å². The second-order valence-electron chi connectivity index (χ2n) is 5.39. The first-order valence-corrected chi connectivity index (χ1v) is 6.55. The molecule has 0 radical (unpaired) electrons. The normalized spacial score (nSPS) is 23.8. The second kappa shape index (κ2) is 5.07. The highest BCUT2D eigenvalue weighted by molar-refractivity contribution is 7.80. The Kier molecular flexibility index (Phi) is 4.50. The highest BCUT2D eigenvalue weighted by Gasteiger charge is 2.44. The van der Waals surface area contributed by atoms with Gasteiger partial charge in [-0.15, -0.1) is 0 Å². The molecule has 1 heterocycles. The zero-order valence-corrected chi connectivity index (χ0v) is 11.4. The predicted molar refractivity (Wildman–Crippen MR) is 68.7 cm³/mol. The molecule has 1 saturated heterocycles. The third-order valence-electron chi connectivity index (χ3n) is 3.86. The van der Waals surface area contributed by atoms with Gasteiger partial charge in [0.1, 0.15) is 0 Å². The lowest BCUT2D eigenvalue weighted by atomic mass is 9.71. The van der Waals surface area contributed by atoms with Crippen molar-refractivity contribution in [1.29, 1.82) is 0 Å². The van der Waals surface area contributed by atoms with Crippen molar-refractivity contribution >= 4 is 12.6 Å². The molecule has 1 unspecified atom stereocenters. The number of morpholine rings is 1. The molecule has 1 atom stereocenters. The van der Waals surface area contributed by atoms with Gasteiger partial charge >= 0.3 is 0 Å². The van der Waals surface area contributed by atoms with E-state index in [-0.39, 0.29) is 11.0 Å². The maximum atomic E-state index is 5.43. The first-order valence-electron chi connectivity index (χ1n) is 5.91. The Bertz CT molecular complexity index is 190. The zero-order chi connectivity index (χ0) is 11.5. The maximum absolute atomic E-state index is 5.43. The summed E-state index contributed by atoms with van der Waals surface area (Å²) >= 11 is 4.60. The summed E-state index contributed by atoms with van der Waals surface area (Å²) in [7, 11) is 0. The van der Waals surface area contributed by atoms with Crippen LogP contribution < -0.4 is 0 Å². The number of nitrogens with zero attached hydrogens (tertiary/aromatic N) is 1. The minimum atomic E-state index is 0.208. The standard InChI is InChI=1S/C12H25NOS/c1-5-12(10-15,11(2,3)4)13-6-8-14-9-7-13/h15H,5-10H2,1-4H3. The summed E-state index contributed by atoms with van der Waals surface area (Å²) in [4.78, 5) is 2.57. The Morgan fingerprint density at radius 1 is 1.20 bits per heavy atom. The highest BCUT2D eigenvalue weighted by Crippen LogP contribution is 2.39. The summed E-state index contributed by atoms with van der Waals surface area (Å²) in [6.45, 7) is 13.1. The van der Waals surface area contributed by atoms with Crippen LogP contribution in [-0.2, 0) is 4.74 Å².